The summed E-state index contributed by atoms with van der Waals surface area (Å²) in [5.74, 6) is -1.50. The number of alkyl halides is 2. The first-order valence-corrected chi connectivity index (χ1v) is 10.4. The molecule has 0 heterocycles. The summed E-state index contributed by atoms with van der Waals surface area (Å²) in [6, 6.07) is 0. The normalized spacial score (nSPS) is 16.7. The van der Waals surface area contributed by atoms with Crippen molar-refractivity contribution in [1.82, 2.24) is 0 Å². The number of carboxylic acid groups (broad SMARTS) is 1. The second kappa shape index (κ2) is 4.64. The molecule has 1 N–H and O–H groups in total. The molecule has 1 atom stereocenters. The number of hydrogen-bond acceptors (Lipinski definition) is 1. The first kappa shape index (κ1) is 13.2. The van der Waals surface area contributed by atoms with Gasteiger partial charge in [0.1, 0.15) is 0 Å². The van der Waals surface area contributed by atoms with Gasteiger partial charge in [0.2, 0.25) is 0 Å². The summed E-state index contributed by atoms with van der Waals surface area (Å²) in [5.41, 5.74) is 0. The third-order valence-electron chi connectivity index (χ3n) is 2.96. The SMILES string of the molecule is C[CH2][Ge]([CH2]C)([CH2]C)[C](F)(Cl)C(=O)O. The van der Waals surface area contributed by atoms with E-state index in [9.17, 15) is 9.18 Å². The van der Waals surface area contributed by atoms with Crippen LogP contribution in [0.25, 0.3) is 0 Å². The zero-order chi connectivity index (χ0) is 10.7. The summed E-state index contributed by atoms with van der Waals surface area (Å²) in [5, 5.41) is 10.5. The van der Waals surface area contributed by atoms with E-state index < -0.39 is 23.2 Å². The van der Waals surface area contributed by atoms with Gasteiger partial charge in [-0.1, -0.05) is 0 Å². The predicted molar refractivity (Wildman–Crippen MR) is 54.5 cm³/mol. The van der Waals surface area contributed by atoms with Gasteiger partial charge in [-0.3, -0.25) is 0 Å². The van der Waals surface area contributed by atoms with Crippen LogP contribution in [0.15, 0.2) is 0 Å². The molecule has 0 saturated carbocycles. The molecule has 0 spiro atoms. The molecule has 0 radical (unpaired) electrons. The Labute approximate surface area is 85.8 Å². The zero-order valence-corrected chi connectivity index (χ0v) is 11.1. The molecule has 2 nitrogen and oxygen atoms in total. The molecule has 0 saturated heterocycles. The van der Waals surface area contributed by atoms with E-state index in [4.69, 9.17) is 16.7 Å². The number of rotatable bonds is 5. The van der Waals surface area contributed by atoms with Crippen LogP contribution in [-0.2, 0) is 4.79 Å². The maximum absolute atomic E-state index is 13.8. The van der Waals surface area contributed by atoms with E-state index in [1.807, 2.05) is 20.8 Å². The summed E-state index contributed by atoms with van der Waals surface area (Å²) < 4.78 is 11.3. The summed E-state index contributed by atoms with van der Waals surface area (Å²) in [4.78, 5) is 10.7. The van der Waals surface area contributed by atoms with Crippen molar-refractivity contribution in [2.75, 3.05) is 0 Å². The topological polar surface area (TPSA) is 37.3 Å². The Kier molecular flexibility index (Phi) is 4.73. The van der Waals surface area contributed by atoms with Crippen molar-refractivity contribution in [1.29, 1.82) is 0 Å². The Morgan fingerprint density at radius 3 is 1.77 bits per heavy atom. The van der Waals surface area contributed by atoms with Crippen LogP contribution < -0.4 is 0 Å². The Morgan fingerprint density at radius 1 is 1.38 bits per heavy atom. The first-order valence-electron chi connectivity index (χ1n) is 4.49. The van der Waals surface area contributed by atoms with Crippen molar-refractivity contribution in [3.63, 3.8) is 0 Å². The fourth-order valence-electron chi connectivity index (χ4n) is 1.64. The van der Waals surface area contributed by atoms with E-state index in [0.717, 1.165) is 0 Å². The Hall–Kier alpha value is 0.233. The van der Waals surface area contributed by atoms with E-state index in [1.54, 1.807) is 0 Å². The van der Waals surface area contributed by atoms with Gasteiger partial charge in [0.25, 0.3) is 0 Å². The van der Waals surface area contributed by atoms with Gasteiger partial charge < -0.3 is 0 Å². The average Bonchev–Trinajstić information content (AvgIpc) is 2.08. The molecule has 0 aromatic heterocycles. The van der Waals surface area contributed by atoms with Crippen LogP contribution in [0.3, 0.4) is 0 Å². The third-order valence-corrected chi connectivity index (χ3v) is 17.0. The molecule has 0 aliphatic heterocycles. The van der Waals surface area contributed by atoms with Gasteiger partial charge in [0.15, 0.2) is 0 Å². The van der Waals surface area contributed by atoms with Crippen LogP contribution in [0.1, 0.15) is 20.8 Å². The minimum atomic E-state index is -3.05. The maximum atomic E-state index is 13.8. The van der Waals surface area contributed by atoms with Gasteiger partial charge >= 0.3 is 85.6 Å². The zero-order valence-electron chi connectivity index (χ0n) is 8.23. The monoisotopic (exact) mass is 272 g/mol. The Balaban J connectivity index is 5.02. The molecule has 0 rings (SSSR count). The Morgan fingerprint density at radius 2 is 1.69 bits per heavy atom. The van der Waals surface area contributed by atoms with Crippen molar-refractivity contribution in [3.05, 3.63) is 0 Å². The van der Waals surface area contributed by atoms with E-state index >= 15 is 0 Å². The summed E-state index contributed by atoms with van der Waals surface area (Å²) in [7, 11) is 0. The summed E-state index contributed by atoms with van der Waals surface area (Å²) in [6.45, 7) is 5.52. The fourth-order valence-corrected chi connectivity index (χ4v) is 10.6. The number of carbonyl (C=O) groups is 1. The molecule has 0 aromatic rings. The molecule has 78 valence electrons. The molecule has 5 heteroatoms. The van der Waals surface area contributed by atoms with Crippen LogP contribution in [0.5, 0.6) is 0 Å². The number of hydrogen-bond donors (Lipinski definition) is 1. The molecule has 0 aliphatic carbocycles. The van der Waals surface area contributed by atoms with E-state index in [0.29, 0.717) is 15.8 Å². The van der Waals surface area contributed by atoms with Gasteiger partial charge in [0, 0.05) is 0 Å². The number of aliphatic carboxylic acids is 1. The molecular weight excluding hydrogens is 255 g/mol. The quantitative estimate of drug-likeness (QED) is 0.616. The van der Waals surface area contributed by atoms with Crippen molar-refractivity contribution in [3.8, 4) is 0 Å². The molecule has 0 fully saturated rings. The molecule has 0 aliphatic rings. The minimum absolute atomic E-state index is 0.610. The molecule has 0 bridgehead atoms. The molecule has 1 unspecified atom stereocenters. The van der Waals surface area contributed by atoms with E-state index in [-0.39, 0.29) is 0 Å². The second-order valence-electron chi connectivity index (χ2n) is 3.22. The van der Waals surface area contributed by atoms with Crippen molar-refractivity contribution < 1.29 is 14.3 Å². The van der Waals surface area contributed by atoms with Crippen molar-refractivity contribution in [2.24, 2.45) is 0 Å². The van der Waals surface area contributed by atoms with Gasteiger partial charge in [-0.2, -0.15) is 0 Å². The average molecular weight is 271 g/mol. The van der Waals surface area contributed by atoms with Crippen LogP contribution in [-0.4, -0.2) is 28.3 Å². The first-order chi connectivity index (χ1) is 5.88. The van der Waals surface area contributed by atoms with Gasteiger partial charge in [-0.05, 0) is 0 Å². The van der Waals surface area contributed by atoms with Crippen molar-refractivity contribution in [2.45, 2.75) is 40.5 Å². The van der Waals surface area contributed by atoms with Crippen LogP contribution in [0, 0.1) is 0 Å². The van der Waals surface area contributed by atoms with Crippen LogP contribution >= 0.6 is 11.6 Å². The van der Waals surface area contributed by atoms with Gasteiger partial charge in [-0.15, -0.1) is 0 Å². The third kappa shape index (κ3) is 2.18. The molecule has 0 aromatic carbocycles. The number of halogens is 2. The summed E-state index contributed by atoms with van der Waals surface area (Å²) >= 11 is 2.46. The Bertz CT molecular complexity index is 184. The van der Waals surface area contributed by atoms with E-state index in [2.05, 4.69) is 0 Å². The van der Waals surface area contributed by atoms with Gasteiger partial charge in [0.05, 0.1) is 0 Å². The number of carboxylic acids is 1. The van der Waals surface area contributed by atoms with Crippen molar-refractivity contribution >= 4 is 30.8 Å². The molecular formula is C8H16ClFGeO2. The molecule has 13 heavy (non-hydrogen) atoms. The fraction of sp³-hybridized carbons (Fsp3) is 0.875. The summed E-state index contributed by atoms with van der Waals surface area (Å²) in [6.07, 6.45) is 0. The second-order valence-corrected chi connectivity index (χ2v) is 15.7. The van der Waals surface area contributed by atoms with Crippen LogP contribution in [0.2, 0.25) is 15.8 Å². The van der Waals surface area contributed by atoms with Gasteiger partial charge in [-0.25, -0.2) is 0 Å². The van der Waals surface area contributed by atoms with E-state index in [1.165, 1.54) is 0 Å². The predicted octanol–water partition coefficient (Wildman–Crippen LogP) is 3.02. The standard InChI is InChI=1S/C8H16ClFGeO2/c1-4-11(5-2,6-3)8(9,10)7(12)13/h4-6H2,1-3H3,(H,12,13). The molecule has 0 amide bonds. The van der Waals surface area contributed by atoms with Crippen LogP contribution in [0.4, 0.5) is 4.39 Å².